The maximum Gasteiger partial charge on any atom is 0.160 e. The van der Waals surface area contributed by atoms with Crippen LogP contribution in [0.25, 0.3) is 6.08 Å². The third-order valence-electron chi connectivity index (χ3n) is 1.50. The summed E-state index contributed by atoms with van der Waals surface area (Å²) in [6.45, 7) is 0. The van der Waals surface area contributed by atoms with Crippen LogP contribution in [0.2, 0.25) is 0 Å². The van der Waals surface area contributed by atoms with E-state index in [1.54, 1.807) is 17.4 Å². The molecule has 0 spiro atoms. The number of ketones is 1. The van der Waals surface area contributed by atoms with Crippen LogP contribution in [0.1, 0.15) is 10.4 Å². The van der Waals surface area contributed by atoms with Crippen molar-refractivity contribution in [2.75, 3.05) is 0 Å². The van der Waals surface area contributed by atoms with Crippen molar-refractivity contribution in [2.24, 2.45) is 0 Å². The van der Waals surface area contributed by atoms with E-state index in [4.69, 9.17) is 0 Å². The second-order valence-corrected chi connectivity index (χ2v) is 3.11. The average Bonchev–Trinajstić information content (AvgIpc) is 2.33. The summed E-state index contributed by atoms with van der Waals surface area (Å²) in [4.78, 5) is 12.0. The summed E-state index contributed by atoms with van der Waals surface area (Å²) >= 11 is 1.56. The summed E-state index contributed by atoms with van der Waals surface area (Å²) in [6.07, 6.45) is 4.06. The molecule has 1 radical (unpaired) electrons. The number of carbonyl (C=O) groups excluding carboxylic acids is 1. The van der Waals surface area contributed by atoms with Crippen LogP contribution in [0.5, 0.6) is 0 Å². The van der Waals surface area contributed by atoms with Gasteiger partial charge < -0.3 is 0 Å². The summed E-state index contributed by atoms with van der Waals surface area (Å²) in [5, 5.41) is 3.00. The molecule has 0 atom stereocenters. The van der Waals surface area contributed by atoms with Crippen molar-refractivity contribution < 1.29 is 4.79 Å². The minimum absolute atomic E-state index is 0.194. The van der Waals surface area contributed by atoms with Crippen LogP contribution in [0.4, 0.5) is 0 Å². The smallest absolute Gasteiger partial charge is 0.160 e. The molecule has 2 rings (SSSR count). The Bertz CT molecular complexity index is 296. The number of rotatable bonds is 0. The fourth-order valence-electron chi connectivity index (χ4n) is 0.995. The van der Waals surface area contributed by atoms with Gasteiger partial charge in [-0.1, -0.05) is 0 Å². The van der Waals surface area contributed by atoms with Gasteiger partial charge in [0.05, 0.1) is 0 Å². The first-order valence-electron chi connectivity index (χ1n) is 3.06. The molecule has 0 N–H and O–H groups in total. The molecule has 0 unspecified atom stereocenters. The molecule has 0 aromatic carbocycles. The van der Waals surface area contributed by atoms with Crippen molar-refractivity contribution in [2.45, 2.75) is 6.42 Å². The molecule has 0 saturated carbocycles. The Balaban J connectivity index is 2.52. The Hall–Kier alpha value is -0.890. The average molecular weight is 149 g/mol. The van der Waals surface area contributed by atoms with Gasteiger partial charge in [0.1, 0.15) is 0 Å². The standard InChI is InChI=1S/C8H5OS/c9-7-1-2-8-6(5-7)3-4-10-8/h1-3H,5H2. The van der Waals surface area contributed by atoms with E-state index in [9.17, 15) is 4.79 Å². The first-order valence-corrected chi connectivity index (χ1v) is 3.87. The zero-order chi connectivity index (χ0) is 6.97. The second kappa shape index (κ2) is 2.06. The van der Waals surface area contributed by atoms with Crippen LogP contribution in [0.3, 0.4) is 0 Å². The number of thiophene rings is 1. The fraction of sp³-hybridized carbons (Fsp3) is 0.125. The van der Waals surface area contributed by atoms with Gasteiger partial charge in [-0.05, 0) is 23.8 Å². The minimum Gasteiger partial charge on any atom is -0.294 e. The van der Waals surface area contributed by atoms with Gasteiger partial charge in [0, 0.05) is 16.7 Å². The molecule has 1 aromatic rings. The SMILES string of the molecule is O=C1C=Cc2s[c]cc2C1. The highest BCUT2D eigenvalue weighted by Crippen LogP contribution is 2.21. The second-order valence-electron chi connectivity index (χ2n) is 2.23. The minimum atomic E-state index is 0.194. The van der Waals surface area contributed by atoms with Crippen LogP contribution in [-0.4, -0.2) is 5.78 Å². The van der Waals surface area contributed by atoms with E-state index in [1.165, 1.54) is 4.88 Å². The molecule has 1 aliphatic rings. The number of allylic oxidation sites excluding steroid dienone is 1. The van der Waals surface area contributed by atoms with Gasteiger partial charge in [0.15, 0.2) is 5.78 Å². The number of fused-ring (bicyclic) bond motifs is 1. The summed E-state index contributed by atoms with van der Waals surface area (Å²) in [5.74, 6) is 0.194. The Kier molecular flexibility index (Phi) is 1.21. The first-order chi connectivity index (χ1) is 4.86. The van der Waals surface area contributed by atoms with Crippen molar-refractivity contribution in [3.05, 3.63) is 28.0 Å². The largest absolute Gasteiger partial charge is 0.294 e. The van der Waals surface area contributed by atoms with Crippen LogP contribution in [-0.2, 0) is 11.2 Å². The normalized spacial score (nSPS) is 15.4. The monoisotopic (exact) mass is 149 g/mol. The topological polar surface area (TPSA) is 17.1 Å². The van der Waals surface area contributed by atoms with Crippen molar-refractivity contribution in [1.82, 2.24) is 0 Å². The van der Waals surface area contributed by atoms with Gasteiger partial charge in [-0.3, -0.25) is 4.79 Å². The highest BCUT2D eigenvalue weighted by atomic mass is 32.1. The highest BCUT2D eigenvalue weighted by molar-refractivity contribution is 7.10. The van der Waals surface area contributed by atoms with Gasteiger partial charge >= 0.3 is 0 Å². The molecule has 0 saturated heterocycles. The highest BCUT2D eigenvalue weighted by Gasteiger charge is 2.09. The molecular weight excluding hydrogens is 144 g/mol. The molecule has 1 aliphatic carbocycles. The molecule has 1 aromatic heterocycles. The van der Waals surface area contributed by atoms with Gasteiger partial charge in [0.25, 0.3) is 0 Å². The third kappa shape index (κ3) is 0.809. The van der Waals surface area contributed by atoms with Gasteiger partial charge in [-0.25, -0.2) is 0 Å². The first kappa shape index (κ1) is 5.86. The van der Waals surface area contributed by atoms with Crippen molar-refractivity contribution in [3.63, 3.8) is 0 Å². The zero-order valence-corrected chi connectivity index (χ0v) is 6.07. The summed E-state index contributed by atoms with van der Waals surface area (Å²) in [5.41, 5.74) is 1.12. The molecule has 1 nitrogen and oxygen atoms in total. The maximum absolute atomic E-state index is 10.8. The number of carbonyl (C=O) groups is 1. The van der Waals surface area contributed by atoms with Crippen LogP contribution in [0.15, 0.2) is 12.1 Å². The van der Waals surface area contributed by atoms with Gasteiger partial charge in [0.2, 0.25) is 0 Å². The predicted molar refractivity (Wildman–Crippen MR) is 40.9 cm³/mol. The molecule has 0 bridgehead atoms. The molecule has 10 heavy (non-hydrogen) atoms. The molecule has 0 aliphatic heterocycles. The molecule has 2 heteroatoms. The Morgan fingerprint density at radius 3 is 3.30 bits per heavy atom. The van der Waals surface area contributed by atoms with Crippen LogP contribution >= 0.6 is 11.3 Å². The molecule has 49 valence electrons. The van der Waals surface area contributed by atoms with Crippen LogP contribution in [0, 0.1) is 5.38 Å². The Labute approximate surface area is 63.0 Å². The van der Waals surface area contributed by atoms with E-state index in [-0.39, 0.29) is 5.78 Å². The number of hydrogen-bond donors (Lipinski definition) is 0. The van der Waals surface area contributed by atoms with E-state index < -0.39 is 0 Å². The molecule has 0 amide bonds. The summed E-state index contributed by atoms with van der Waals surface area (Å²) in [7, 11) is 0. The van der Waals surface area contributed by atoms with E-state index in [1.807, 2.05) is 12.1 Å². The maximum atomic E-state index is 10.8. The lowest BCUT2D eigenvalue weighted by atomic mass is 10.1. The fourth-order valence-corrected chi connectivity index (χ4v) is 1.72. The Morgan fingerprint density at radius 1 is 1.50 bits per heavy atom. The van der Waals surface area contributed by atoms with Crippen LogP contribution < -0.4 is 0 Å². The molecular formula is C8H5OS. The van der Waals surface area contributed by atoms with E-state index in [2.05, 4.69) is 5.38 Å². The lowest BCUT2D eigenvalue weighted by Crippen LogP contribution is -2.01. The lowest BCUT2D eigenvalue weighted by Gasteiger charge is -2.00. The van der Waals surface area contributed by atoms with E-state index in [0.717, 1.165) is 5.56 Å². The summed E-state index contributed by atoms with van der Waals surface area (Å²) < 4.78 is 0. The van der Waals surface area contributed by atoms with Crippen molar-refractivity contribution in [3.8, 4) is 0 Å². The van der Waals surface area contributed by atoms with Gasteiger partial charge in [-0.15, -0.1) is 11.3 Å². The van der Waals surface area contributed by atoms with E-state index >= 15 is 0 Å². The van der Waals surface area contributed by atoms with Crippen molar-refractivity contribution >= 4 is 23.2 Å². The third-order valence-corrected chi connectivity index (χ3v) is 2.36. The Morgan fingerprint density at radius 2 is 2.40 bits per heavy atom. The lowest BCUT2D eigenvalue weighted by molar-refractivity contribution is -0.114. The zero-order valence-electron chi connectivity index (χ0n) is 5.26. The van der Waals surface area contributed by atoms with Crippen molar-refractivity contribution in [1.29, 1.82) is 0 Å². The summed E-state index contributed by atoms with van der Waals surface area (Å²) in [6, 6.07) is 1.89. The molecule has 0 fully saturated rings. The molecule has 1 heterocycles. The predicted octanol–water partition coefficient (Wildman–Crippen LogP) is 1.69. The number of hydrogen-bond acceptors (Lipinski definition) is 2. The quantitative estimate of drug-likeness (QED) is 0.548. The van der Waals surface area contributed by atoms with E-state index in [0.29, 0.717) is 6.42 Å². The van der Waals surface area contributed by atoms with Gasteiger partial charge in [-0.2, -0.15) is 0 Å².